The highest BCUT2D eigenvalue weighted by Crippen LogP contribution is 2.11. The molecule has 108 valence electrons. The van der Waals surface area contributed by atoms with Crippen LogP contribution in [0, 0.1) is 11.8 Å². The fraction of sp³-hybridized carbons (Fsp3) is 0.929. The van der Waals surface area contributed by atoms with Crippen molar-refractivity contribution < 1.29 is 5.21 Å². The van der Waals surface area contributed by atoms with Crippen LogP contribution < -0.4 is 5.73 Å². The van der Waals surface area contributed by atoms with Gasteiger partial charge >= 0.3 is 0 Å². The molecule has 0 aliphatic heterocycles. The number of hydrogen-bond donors (Lipinski definition) is 2. The van der Waals surface area contributed by atoms with Crippen LogP contribution in [0.3, 0.4) is 0 Å². The summed E-state index contributed by atoms with van der Waals surface area (Å²) in [5.41, 5.74) is 5.60. The Kier molecular flexibility index (Phi) is 8.81. The quantitative estimate of drug-likeness (QED) is 0.289. The number of rotatable bonds is 9. The minimum Gasteiger partial charge on any atom is -0.409 e. The van der Waals surface area contributed by atoms with Crippen molar-refractivity contribution in [2.75, 3.05) is 13.1 Å². The van der Waals surface area contributed by atoms with E-state index >= 15 is 0 Å². The minimum atomic E-state index is 0.321. The van der Waals surface area contributed by atoms with E-state index in [4.69, 9.17) is 10.9 Å². The number of hydrogen-bond acceptors (Lipinski definition) is 3. The van der Waals surface area contributed by atoms with Gasteiger partial charge in [-0.15, -0.1) is 0 Å². The second-order valence-electron chi connectivity index (χ2n) is 6.05. The van der Waals surface area contributed by atoms with E-state index in [1.54, 1.807) is 0 Å². The van der Waals surface area contributed by atoms with Gasteiger partial charge in [0.2, 0.25) is 0 Å². The first-order valence-electron chi connectivity index (χ1n) is 7.07. The van der Waals surface area contributed by atoms with Crippen molar-refractivity contribution in [2.24, 2.45) is 22.7 Å². The lowest BCUT2D eigenvalue weighted by molar-refractivity contribution is 0.190. The van der Waals surface area contributed by atoms with Gasteiger partial charge in [0.15, 0.2) is 0 Å². The monoisotopic (exact) mass is 257 g/mol. The molecule has 1 atom stereocenters. The molecule has 0 aliphatic carbocycles. The molecule has 3 N–H and O–H groups in total. The summed E-state index contributed by atoms with van der Waals surface area (Å²) in [4.78, 5) is 2.46. The zero-order valence-corrected chi connectivity index (χ0v) is 12.7. The van der Waals surface area contributed by atoms with Gasteiger partial charge in [-0.2, -0.15) is 0 Å². The van der Waals surface area contributed by atoms with E-state index in [0.29, 0.717) is 30.1 Å². The average molecular weight is 257 g/mol. The molecule has 18 heavy (non-hydrogen) atoms. The molecule has 1 unspecified atom stereocenters. The average Bonchev–Trinajstić information content (AvgIpc) is 2.27. The molecule has 0 spiro atoms. The molecular weight excluding hydrogens is 226 g/mol. The molecule has 4 heteroatoms. The summed E-state index contributed by atoms with van der Waals surface area (Å²) >= 11 is 0. The van der Waals surface area contributed by atoms with Crippen molar-refractivity contribution in [1.29, 1.82) is 0 Å². The van der Waals surface area contributed by atoms with Crippen molar-refractivity contribution in [1.82, 2.24) is 4.90 Å². The van der Waals surface area contributed by atoms with Gasteiger partial charge in [-0.25, -0.2) is 0 Å². The van der Waals surface area contributed by atoms with Gasteiger partial charge in [0, 0.05) is 12.5 Å². The maximum Gasteiger partial charge on any atom is 0.140 e. The van der Waals surface area contributed by atoms with Gasteiger partial charge in [-0.05, 0) is 44.7 Å². The van der Waals surface area contributed by atoms with E-state index in [1.807, 2.05) is 0 Å². The highest BCUT2D eigenvalue weighted by molar-refractivity contribution is 5.80. The third kappa shape index (κ3) is 8.34. The van der Waals surface area contributed by atoms with Gasteiger partial charge in [-0.1, -0.05) is 32.9 Å². The third-order valence-corrected chi connectivity index (χ3v) is 3.24. The highest BCUT2D eigenvalue weighted by Gasteiger charge is 2.16. The summed E-state index contributed by atoms with van der Waals surface area (Å²) in [7, 11) is 0. The first-order chi connectivity index (χ1) is 8.36. The number of nitrogens with two attached hydrogens (primary N) is 1. The predicted octanol–water partition coefficient (Wildman–Crippen LogP) is 2.91. The second-order valence-corrected chi connectivity index (χ2v) is 6.05. The molecule has 0 aromatic heterocycles. The Morgan fingerprint density at radius 1 is 1.06 bits per heavy atom. The third-order valence-electron chi connectivity index (χ3n) is 3.24. The second kappa shape index (κ2) is 9.20. The molecule has 4 nitrogen and oxygen atoms in total. The smallest absolute Gasteiger partial charge is 0.140 e. The first kappa shape index (κ1) is 17.2. The first-order valence-corrected chi connectivity index (χ1v) is 7.07. The zero-order chi connectivity index (χ0) is 14.1. The van der Waals surface area contributed by atoms with Crippen LogP contribution in [-0.2, 0) is 0 Å². The lowest BCUT2D eigenvalue weighted by Gasteiger charge is -2.30. The van der Waals surface area contributed by atoms with Crippen LogP contribution in [0.25, 0.3) is 0 Å². The molecular formula is C14H31N3O. The summed E-state index contributed by atoms with van der Waals surface area (Å²) < 4.78 is 0. The zero-order valence-electron chi connectivity index (χ0n) is 12.7. The van der Waals surface area contributed by atoms with E-state index in [-0.39, 0.29) is 0 Å². The van der Waals surface area contributed by atoms with Crippen LogP contribution in [0.2, 0.25) is 0 Å². The Bertz CT molecular complexity index is 227. The molecule has 0 saturated heterocycles. The van der Waals surface area contributed by atoms with Crippen molar-refractivity contribution >= 4 is 5.84 Å². The van der Waals surface area contributed by atoms with Crippen LogP contribution in [0.1, 0.15) is 53.9 Å². The SMILES string of the molecule is CC(C)CCN(CCC(C)C)C(C)CC(N)=NO. The molecule has 0 fully saturated rings. The normalized spacial score (nSPS) is 14.8. The summed E-state index contributed by atoms with van der Waals surface area (Å²) in [6.07, 6.45) is 3.02. The van der Waals surface area contributed by atoms with Gasteiger partial charge in [0.05, 0.1) is 0 Å². The van der Waals surface area contributed by atoms with Crippen LogP contribution in [0.15, 0.2) is 5.16 Å². The Hall–Kier alpha value is -0.770. The summed E-state index contributed by atoms with van der Waals surface area (Å²) in [6, 6.07) is 0.332. The topological polar surface area (TPSA) is 61.8 Å². The van der Waals surface area contributed by atoms with Crippen LogP contribution in [0.4, 0.5) is 0 Å². The number of oxime groups is 1. The largest absolute Gasteiger partial charge is 0.409 e. The van der Waals surface area contributed by atoms with E-state index in [0.717, 1.165) is 13.1 Å². The van der Waals surface area contributed by atoms with E-state index in [2.05, 4.69) is 44.7 Å². The van der Waals surface area contributed by atoms with Gasteiger partial charge < -0.3 is 15.8 Å². The van der Waals surface area contributed by atoms with E-state index < -0.39 is 0 Å². The fourth-order valence-corrected chi connectivity index (χ4v) is 1.87. The van der Waals surface area contributed by atoms with Crippen LogP contribution in [0.5, 0.6) is 0 Å². The minimum absolute atomic E-state index is 0.321. The Labute approximate surface area is 112 Å². The molecule has 0 saturated carbocycles. The molecule has 0 aromatic rings. The number of amidine groups is 1. The van der Waals surface area contributed by atoms with Crippen molar-refractivity contribution in [3.05, 3.63) is 0 Å². The molecule has 0 radical (unpaired) electrons. The van der Waals surface area contributed by atoms with Crippen LogP contribution in [-0.4, -0.2) is 35.1 Å². The Morgan fingerprint density at radius 3 is 1.83 bits per heavy atom. The lowest BCUT2D eigenvalue weighted by Crippen LogP contribution is -2.38. The number of nitrogens with zero attached hydrogens (tertiary/aromatic N) is 2. The molecule has 0 aliphatic rings. The maximum atomic E-state index is 8.65. The van der Waals surface area contributed by atoms with Gasteiger partial charge in [0.1, 0.15) is 5.84 Å². The van der Waals surface area contributed by atoms with Crippen molar-refractivity contribution in [3.63, 3.8) is 0 Å². The highest BCUT2D eigenvalue weighted by atomic mass is 16.4. The van der Waals surface area contributed by atoms with Crippen molar-refractivity contribution in [3.8, 4) is 0 Å². The molecule has 0 aromatic carbocycles. The Morgan fingerprint density at radius 2 is 1.50 bits per heavy atom. The lowest BCUT2D eigenvalue weighted by atomic mass is 10.1. The standard InChI is InChI=1S/C14H31N3O/c1-11(2)6-8-17(9-7-12(3)4)13(5)10-14(15)16-18/h11-13,18H,6-10H2,1-5H3,(H2,15,16). The molecule has 0 amide bonds. The summed E-state index contributed by atoms with van der Waals surface area (Å²) in [5, 5.41) is 11.7. The van der Waals surface area contributed by atoms with E-state index in [1.165, 1.54) is 12.8 Å². The summed E-state index contributed by atoms with van der Waals surface area (Å²) in [5.74, 6) is 1.74. The predicted molar refractivity (Wildman–Crippen MR) is 78.0 cm³/mol. The van der Waals surface area contributed by atoms with E-state index in [9.17, 15) is 0 Å². The Balaban J connectivity index is 4.33. The fourth-order valence-electron chi connectivity index (χ4n) is 1.87. The maximum absolute atomic E-state index is 8.65. The molecule has 0 bridgehead atoms. The molecule has 0 heterocycles. The van der Waals surface area contributed by atoms with Gasteiger partial charge in [-0.3, -0.25) is 0 Å². The molecule has 0 rings (SSSR count). The van der Waals surface area contributed by atoms with Gasteiger partial charge in [0.25, 0.3) is 0 Å². The van der Waals surface area contributed by atoms with Crippen molar-refractivity contribution in [2.45, 2.75) is 59.9 Å². The van der Waals surface area contributed by atoms with Crippen LogP contribution >= 0.6 is 0 Å². The summed E-state index contributed by atoms with van der Waals surface area (Å²) in [6.45, 7) is 13.3.